The lowest BCUT2D eigenvalue weighted by Crippen LogP contribution is -2.46. The van der Waals surface area contributed by atoms with Crippen molar-refractivity contribution in [3.05, 3.63) is 29.8 Å². The Balaban J connectivity index is 0.00000338. The van der Waals surface area contributed by atoms with Crippen LogP contribution < -0.4 is 15.4 Å². The molecule has 1 aromatic rings. The van der Waals surface area contributed by atoms with Gasteiger partial charge in [-0.1, -0.05) is 6.92 Å². The summed E-state index contributed by atoms with van der Waals surface area (Å²) in [6.07, 6.45) is 2.49. The van der Waals surface area contributed by atoms with Crippen molar-refractivity contribution in [1.29, 1.82) is 0 Å². The maximum atomic E-state index is 12.1. The smallest absolute Gasteiger partial charge is 0.251 e. The summed E-state index contributed by atoms with van der Waals surface area (Å²) in [6.45, 7) is 8.39. The minimum absolute atomic E-state index is 0. The molecule has 2 N–H and O–H groups in total. The summed E-state index contributed by atoms with van der Waals surface area (Å²) in [5.41, 5.74) is 0.626. The molecule has 1 heterocycles. The Labute approximate surface area is 173 Å². The molecule has 6 nitrogen and oxygen atoms in total. The van der Waals surface area contributed by atoms with Crippen molar-refractivity contribution in [3.63, 3.8) is 0 Å². The van der Waals surface area contributed by atoms with E-state index in [0.29, 0.717) is 24.6 Å². The Morgan fingerprint density at radius 3 is 2.65 bits per heavy atom. The number of aliphatic imine (C=N–C) groups is 1. The molecule has 2 rings (SSSR count). The number of piperidine rings is 1. The number of carbonyl (C=O) groups excluding carboxylic acids is 1. The van der Waals surface area contributed by atoms with E-state index in [4.69, 9.17) is 4.74 Å². The number of carbonyl (C=O) groups is 1. The van der Waals surface area contributed by atoms with E-state index in [2.05, 4.69) is 34.4 Å². The van der Waals surface area contributed by atoms with E-state index in [1.54, 1.807) is 31.4 Å². The van der Waals surface area contributed by atoms with E-state index >= 15 is 0 Å². The zero-order chi connectivity index (χ0) is 18.1. The van der Waals surface area contributed by atoms with Gasteiger partial charge in [-0.3, -0.25) is 9.79 Å². The SMILES string of the molecule is CCNC(=NCCNC(=O)c1ccc(OC)cc1)N1CCCC(C)C1.I. The zero-order valence-electron chi connectivity index (χ0n) is 16.0. The summed E-state index contributed by atoms with van der Waals surface area (Å²) in [4.78, 5) is 19.1. The van der Waals surface area contributed by atoms with Crippen LogP contribution in [0.1, 0.15) is 37.0 Å². The first kappa shape index (κ1) is 22.5. The van der Waals surface area contributed by atoms with Crippen molar-refractivity contribution in [2.75, 3.05) is 39.8 Å². The Bertz CT molecular complexity index is 577. The number of ether oxygens (including phenoxy) is 1. The van der Waals surface area contributed by atoms with Crippen molar-refractivity contribution in [1.82, 2.24) is 15.5 Å². The number of hydrogen-bond acceptors (Lipinski definition) is 3. The molecule has 0 radical (unpaired) electrons. The van der Waals surface area contributed by atoms with Crippen LogP contribution in [0.2, 0.25) is 0 Å². The number of halogens is 1. The van der Waals surface area contributed by atoms with Crippen molar-refractivity contribution in [2.45, 2.75) is 26.7 Å². The van der Waals surface area contributed by atoms with Crippen LogP contribution in [0.15, 0.2) is 29.3 Å². The number of nitrogens with one attached hydrogen (secondary N) is 2. The van der Waals surface area contributed by atoms with Gasteiger partial charge in [-0.05, 0) is 49.9 Å². The van der Waals surface area contributed by atoms with E-state index < -0.39 is 0 Å². The molecule has 1 aliphatic rings. The maximum absolute atomic E-state index is 12.1. The molecule has 0 spiro atoms. The van der Waals surface area contributed by atoms with E-state index in [1.165, 1.54) is 12.8 Å². The van der Waals surface area contributed by atoms with Gasteiger partial charge in [-0.15, -0.1) is 24.0 Å². The molecule has 1 amide bonds. The highest BCUT2D eigenvalue weighted by Gasteiger charge is 2.18. The summed E-state index contributed by atoms with van der Waals surface area (Å²) in [5, 5.41) is 6.27. The first-order chi connectivity index (χ1) is 12.1. The summed E-state index contributed by atoms with van der Waals surface area (Å²) < 4.78 is 5.10. The second kappa shape index (κ2) is 12.0. The van der Waals surface area contributed by atoms with E-state index in [0.717, 1.165) is 31.3 Å². The highest BCUT2D eigenvalue weighted by Crippen LogP contribution is 2.15. The van der Waals surface area contributed by atoms with Gasteiger partial charge >= 0.3 is 0 Å². The van der Waals surface area contributed by atoms with Crippen molar-refractivity contribution < 1.29 is 9.53 Å². The Hall–Kier alpha value is -1.51. The minimum Gasteiger partial charge on any atom is -0.497 e. The molecule has 7 heteroatoms. The quantitative estimate of drug-likeness (QED) is 0.288. The molecule has 1 fully saturated rings. The molecule has 1 aromatic carbocycles. The summed E-state index contributed by atoms with van der Waals surface area (Å²) >= 11 is 0. The van der Waals surface area contributed by atoms with E-state index in [-0.39, 0.29) is 29.9 Å². The molecule has 146 valence electrons. The number of methoxy groups -OCH3 is 1. The molecule has 1 unspecified atom stereocenters. The number of rotatable bonds is 6. The predicted octanol–water partition coefficient (Wildman–Crippen LogP) is 2.74. The molecule has 26 heavy (non-hydrogen) atoms. The second-order valence-corrected chi connectivity index (χ2v) is 6.41. The molecule has 1 saturated heterocycles. The van der Waals surface area contributed by atoms with E-state index in [1.807, 2.05) is 0 Å². The highest BCUT2D eigenvalue weighted by molar-refractivity contribution is 14.0. The number of likely N-dealkylation sites (tertiary alicyclic amines) is 1. The van der Waals surface area contributed by atoms with Gasteiger partial charge in [0.05, 0.1) is 13.7 Å². The normalized spacial score (nSPS) is 17.3. The topological polar surface area (TPSA) is 66.0 Å². The first-order valence-corrected chi connectivity index (χ1v) is 9.09. The van der Waals surface area contributed by atoms with Gasteiger partial charge in [-0.2, -0.15) is 0 Å². The summed E-state index contributed by atoms with van der Waals surface area (Å²) in [6, 6.07) is 7.09. The van der Waals surface area contributed by atoms with Crippen LogP contribution >= 0.6 is 24.0 Å². The predicted molar refractivity (Wildman–Crippen MR) is 117 cm³/mol. The van der Waals surface area contributed by atoms with Crippen LogP contribution in [-0.2, 0) is 0 Å². The molecular formula is C19H31IN4O2. The third-order valence-electron chi connectivity index (χ3n) is 4.30. The lowest BCUT2D eigenvalue weighted by atomic mass is 10.0. The lowest BCUT2D eigenvalue weighted by molar-refractivity contribution is 0.0954. The van der Waals surface area contributed by atoms with Crippen LogP contribution in [0, 0.1) is 5.92 Å². The van der Waals surface area contributed by atoms with Gasteiger partial charge < -0.3 is 20.3 Å². The highest BCUT2D eigenvalue weighted by atomic mass is 127. The molecule has 0 saturated carbocycles. The van der Waals surface area contributed by atoms with Crippen LogP contribution in [0.3, 0.4) is 0 Å². The maximum Gasteiger partial charge on any atom is 0.251 e. The number of guanidine groups is 1. The first-order valence-electron chi connectivity index (χ1n) is 9.09. The fraction of sp³-hybridized carbons (Fsp3) is 0.579. The van der Waals surface area contributed by atoms with Gasteiger partial charge in [0.2, 0.25) is 0 Å². The average Bonchev–Trinajstić information content (AvgIpc) is 2.64. The van der Waals surface area contributed by atoms with Crippen molar-refractivity contribution in [3.8, 4) is 5.75 Å². The van der Waals surface area contributed by atoms with Crippen LogP contribution in [0.25, 0.3) is 0 Å². The Kier molecular flexibility index (Phi) is 10.4. The minimum atomic E-state index is -0.0885. The Morgan fingerprint density at radius 2 is 2.04 bits per heavy atom. The summed E-state index contributed by atoms with van der Waals surface area (Å²) in [5.74, 6) is 2.31. The number of amides is 1. The number of benzene rings is 1. The van der Waals surface area contributed by atoms with Gasteiger partial charge in [0.25, 0.3) is 5.91 Å². The van der Waals surface area contributed by atoms with Crippen molar-refractivity contribution >= 4 is 35.8 Å². The monoisotopic (exact) mass is 474 g/mol. The number of nitrogens with zero attached hydrogens (tertiary/aromatic N) is 2. The molecule has 1 atom stereocenters. The largest absolute Gasteiger partial charge is 0.497 e. The van der Waals surface area contributed by atoms with Crippen LogP contribution in [0.4, 0.5) is 0 Å². The average molecular weight is 474 g/mol. The van der Waals surface area contributed by atoms with Gasteiger partial charge in [0.15, 0.2) is 5.96 Å². The number of hydrogen-bond donors (Lipinski definition) is 2. The third-order valence-corrected chi connectivity index (χ3v) is 4.30. The van der Waals surface area contributed by atoms with Crippen LogP contribution in [-0.4, -0.2) is 56.6 Å². The zero-order valence-corrected chi connectivity index (χ0v) is 18.3. The van der Waals surface area contributed by atoms with E-state index in [9.17, 15) is 4.79 Å². The molecular weight excluding hydrogens is 443 g/mol. The fourth-order valence-electron chi connectivity index (χ4n) is 2.98. The molecule has 0 bridgehead atoms. The fourth-order valence-corrected chi connectivity index (χ4v) is 2.98. The van der Waals surface area contributed by atoms with Crippen LogP contribution in [0.5, 0.6) is 5.75 Å². The van der Waals surface area contributed by atoms with Crippen molar-refractivity contribution in [2.24, 2.45) is 10.9 Å². The second-order valence-electron chi connectivity index (χ2n) is 6.41. The third kappa shape index (κ3) is 7.01. The standard InChI is InChI=1S/C19H30N4O2.HI/c1-4-20-19(23-13-5-6-15(2)14-23)22-12-11-21-18(24)16-7-9-17(25-3)10-8-16;/h7-10,15H,4-6,11-14H2,1-3H3,(H,20,22)(H,21,24);1H. The van der Waals surface area contributed by atoms with Gasteiger partial charge in [0.1, 0.15) is 5.75 Å². The Morgan fingerprint density at radius 1 is 1.31 bits per heavy atom. The lowest BCUT2D eigenvalue weighted by Gasteiger charge is -2.33. The molecule has 1 aliphatic heterocycles. The molecule has 0 aromatic heterocycles. The van der Waals surface area contributed by atoms with Gasteiger partial charge in [0, 0.05) is 31.7 Å². The van der Waals surface area contributed by atoms with Gasteiger partial charge in [-0.25, -0.2) is 0 Å². The molecule has 0 aliphatic carbocycles. The summed E-state index contributed by atoms with van der Waals surface area (Å²) in [7, 11) is 1.61.